The van der Waals surface area contributed by atoms with E-state index in [1.54, 1.807) is 25.6 Å². The molecule has 1 aromatic carbocycles. The van der Waals surface area contributed by atoms with Gasteiger partial charge in [0.1, 0.15) is 12.3 Å². The number of hydrogen-bond acceptors (Lipinski definition) is 4. The molecular weight excluding hydrogens is 353 g/mol. The van der Waals surface area contributed by atoms with Gasteiger partial charge in [-0.2, -0.15) is 0 Å². The molecule has 4 rings (SSSR count). The molecular formula is C19H15ClN3OP. The van der Waals surface area contributed by atoms with Crippen molar-refractivity contribution in [2.45, 2.75) is 0 Å². The smallest absolute Gasteiger partial charge is 0.129 e. The van der Waals surface area contributed by atoms with Crippen molar-refractivity contribution in [3.63, 3.8) is 0 Å². The molecule has 0 saturated carbocycles. The summed E-state index contributed by atoms with van der Waals surface area (Å²) in [6, 6.07) is 15.4. The van der Waals surface area contributed by atoms with E-state index in [0.29, 0.717) is 5.15 Å². The van der Waals surface area contributed by atoms with Crippen molar-refractivity contribution < 1.29 is 4.57 Å². The Morgan fingerprint density at radius 2 is 1.40 bits per heavy atom. The third-order valence-electron chi connectivity index (χ3n) is 4.12. The van der Waals surface area contributed by atoms with Crippen molar-refractivity contribution >= 4 is 45.9 Å². The highest BCUT2D eigenvalue weighted by atomic mass is 35.5. The summed E-state index contributed by atoms with van der Waals surface area (Å²) in [5, 5.41) is 3.18. The van der Waals surface area contributed by atoms with Crippen LogP contribution in [0.3, 0.4) is 0 Å². The Morgan fingerprint density at radius 1 is 0.800 bits per heavy atom. The van der Waals surface area contributed by atoms with Crippen LogP contribution in [0, 0.1) is 0 Å². The highest BCUT2D eigenvalue weighted by Crippen LogP contribution is 2.34. The van der Waals surface area contributed by atoms with Crippen LogP contribution >= 0.6 is 18.7 Å². The van der Waals surface area contributed by atoms with Crippen molar-refractivity contribution in [3.05, 3.63) is 59.9 Å². The molecule has 0 aliphatic rings. The van der Waals surface area contributed by atoms with Gasteiger partial charge in [-0.1, -0.05) is 29.8 Å². The molecule has 25 heavy (non-hydrogen) atoms. The maximum atomic E-state index is 12.1. The zero-order chi connectivity index (χ0) is 17.6. The standard InChI is InChI=1S/C19H15ClN3OP/c1-25(2,24)14-7-9-15(21-11-14)16-8-5-12-3-4-13-6-10-17(20)23-19(13)18(12)22-16/h3-11H,1-2H3. The van der Waals surface area contributed by atoms with Gasteiger partial charge in [0.05, 0.1) is 22.4 Å². The van der Waals surface area contributed by atoms with Crippen molar-refractivity contribution in [3.8, 4) is 11.4 Å². The summed E-state index contributed by atoms with van der Waals surface area (Å²) < 4.78 is 12.1. The zero-order valence-electron chi connectivity index (χ0n) is 13.8. The number of hydrogen-bond donors (Lipinski definition) is 0. The van der Waals surface area contributed by atoms with Crippen LogP contribution in [0.4, 0.5) is 0 Å². The highest BCUT2D eigenvalue weighted by Gasteiger charge is 2.12. The molecule has 0 spiro atoms. The monoisotopic (exact) mass is 367 g/mol. The maximum absolute atomic E-state index is 12.1. The third kappa shape index (κ3) is 3.04. The second kappa shape index (κ2) is 5.91. The molecule has 0 radical (unpaired) electrons. The fourth-order valence-electron chi connectivity index (χ4n) is 2.74. The van der Waals surface area contributed by atoms with Gasteiger partial charge in [0, 0.05) is 22.3 Å². The fourth-order valence-corrected chi connectivity index (χ4v) is 3.66. The van der Waals surface area contributed by atoms with Gasteiger partial charge in [-0.05, 0) is 43.7 Å². The topological polar surface area (TPSA) is 55.7 Å². The van der Waals surface area contributed by atoms with Gasteiger partial charge in [-0.3, -0.25) is 4.98 Å². The van der Waals surface area contributed by atoms with Crippen LogP contribution in [0.1, 0.15) is 0 Å². The molecule has 124 valence electrons. The lowest BCUT2D eigenvalue weighted by molar-refractivity contribution is 0.588. The van der Waals surface area contributed by atoms with Crippen LogP contribution in [0.15, 0.2) is 54.7 Å². The predicted molar refractivity (Wildman–Crippen MR) is 104 cm³/mol. The van der Waals surface area contributed by atoms with E-state index in [2.05, 4.69) is 9.97 Å². The minimum absolute atomic E-state index is 0.441. The van der Waals surface area contributed by atoms with Gasteiger partial charge in [0.25, 0.3) is 0 Å². The molecule has 0 amide bonds. The molecule has 4 aromatic rings. The van der Waals surface area contributed by atoms with E-state index in [1.165, 1.54) is 0 Å². The van der Waals surface area contributed by atoms with E-state index in [0.717, 1.165) is 38.5 Å². The van der Waals surface area contributed by atoms with Crippen molar-refractivity contribution in [1.29, 1.82) is 0 Å². The second-order valence-electron chi connectivity index (χ2n) is 6.29. The van der Waals surface area contributed by atoms with Crippen LogP contribution < -0.4 is 5.30 Å². The first-order valence-electron chi connectivity index (χ1n) is 7.80. The van der Waals surface area contributed by atoms with Gasteiger partial charge in [-0.15, -0.1) is 0 Å². The SMILES string of the molecule is CP(C)(=O)c1ccc(-c2ccc3ccc4ccc(Cl)nc4c3n2)nc1. The first-order valence-corrected chi connectivity index (χ1v) is 10.8. The van der Waals surface area contributed by atoms with Crippen LogP contribution in [-0.2, 0) is 4.57 Å². The Labute approximate surface area is 150 Å². The van der Waals surface area contributed by atoms with Crippen LogP contribution in [0.2, 0.25) is 5.15 Å². The van der Waals surface area contributed by atoms with Gasteiger partial charge in [0.2, 0.25) is 0 Å². The van der Waals surface area contributed by atoms with Crippen molar-refractivity contribution in [1.82, 2.24) is 15.0 Å². The molecule has 0 fully saturated rings. The minimum atomic E-state index is -2.31. The Hall–Kier alpha value is -2.29. The molecule has 0 N–H and O–H groups in total. The lowest BCUT2D eigenvalue weighted by Gasteiger charge is -2.08. The summed E-state index contributed by atoms with van der Waals surface area (Å²) >= 11 is 6.06. The molecule has 3 heterocycles. The molecule has 0 unspecified atom stereocenters. The molecule has 0 saturated heterocycles. The highest BCUT2D eigenvalue weighted by molar-refractivity contribution is 7.70. The summed E-state index contributed by atoms with van der Waals surface area (Å²) in [6.45, 7) is 3.47. The first-order chi connectivity index (χ1) is 11.9. The van der Waals surface area contributed by atoms with Crippen molar-refractivity contribution in [2.24, 2.45) is 0 Å². The number of pyridine rings is 3. The second-order valence-corrected chi connectivity index (χ2v) is 9.90. The Kier molecular flexibility index (Phi) is 3.82. The third-order valence-corrected chi connectivity index (χ3v) is 5.84. The van der Waals surface area contributed by atoms with E-state index >= 15 is 0 Å². The summed E-state index contributed by atoms with van der Waals surface area (Å²) in [5.41, 5.74) is 3.05. The van der Waals surface area contributed by atoms with E-state index in [-0.39, 0.29) is 0 Å². The van der Waals surface area contributed by atoms with Crippen LogP contribution in [-0.4, -0.2) is 28.3 Å². The van der Waals surface area contributed by atoms with E-state index in [9.17, 15) is 4.57 Å². The molecule has 0 aliphatic carbocycles. The minimum Gasteiger partial charge on any atom is -0.319 e. The fraction of sp³-hybridized carbons (Fsp3) is 0.105. The molecule has 0 atom stereocenters. The average Bonchev–Trinajstić information content (AvgIpc) is 2.60. The van der Waals surface area contributed by atoms with E-state index < -0.39 is 7.14 Å². The average molecular weight is 368 g/mol. The quantitative estimate of drug-likeness (QED) is 0.291. The van der Waals surface area contributed by atoms with Gasteiger partial charge in [0.15, 0.2) is 0 Å². The molecule has 0 bridgehead atoms. The summed E-state index contributed by atoms with van der Waals surface area (Å²) in [6.07, 6.45) is 1.67. The number of fused-ring (bicyclic) bond motifs is 3. The number of nitrogens with zero attached hydrogens (tertiary/aromatic N) is 3. The summed E-state index contributed by atoms with van der Waals surface area (Å²) in [7, 11) is -2.31. The number of aromatic nitrogens is 3. The van der Waals surface area contributed by atoms with Gasteiger partial charge < -0.3 is 4.57 Å². The molecule has 3 aromatic heterocycles. The zero-order valence-corrected chi connectivity index (χ0v) is 15.4. The molecule has 0 aliphatic heterocycles. The number of benzene rings is 1. The lowest BCUT2D eigenvalue weighted by Crippen LogP contribution is -2.04. The van der Waals surface area contributed by atoms with Crippen molar-refractivity contribution in [2.75, 3.05) is 13.3 Å². The largest absolute Gasteiger partial charge is 0.319 e. The predicted octanol–water partition coefficient (Wildman–Crippen LogP) is 4.75. The lowest BCUT2D eigenvalue weighted by atomic mass is 10.1. The van der Waals surface area contributed by atoms with Crippen LogP contribution in [0.5, 0.6) is 0 Å². The number of halogens is 1. The Morgan fingerprint density at radius 3 is 2.04 bits per heavy atom. The summed E-state index contributed by atoms with van der Waals surface area (Å²) in [4.78, 5) is 13.6. The number of rotatable bonds is 2. The summed E-state index contributed by atoms with van der Waals surface area (Å²) in [5.74, 6) is 0. The van der Waals surface area contributed by atoms with Gasteiger partial charge in [-0.25, -0.2) is 9.97 Å². The normalized spacial score (nSPS) is 12.0. The van der Waals surface area contributed by atoms with E-state index in [4.69, 9.17) is 16.6 Å². The maximum Gasteiger partial charge on any atom is 0.129 e. The van der Waals surface area contributed by atoms with Gasteiger partial charge >= 0.3 is 0 Å². The molecule has 6 heteroatoms. The first kappa shape index (κ1) is 16.2. The Balaban J connectivity index is 1.89. The molecule has 4 nitrogen and oxygen atoms in total. The Bertz CT molecular complexity index is 1150. The van der Waals surface area contributed by atoms with Crippen LogP contribution in [0.25, 0.3) is 33.2 Å². The van der Waals surface area contributed by atoms with E-state index in [1.807, 2.05) is 42.5 Å².